The Balaban J connectivity index is 1.56. The largest absolute Gasteiger partial charge is 0.492 e. The predicted molar refractivity (Wildman–Crippen MR) is 178 cm³/mol. The smallest absolute Gasteiger partial charge is 0.158 e. The summed E-state index contributed by atoms with van der Waals surface area (Å²) in [5.41, 5.74) is 3.80. The van der Waals surface area contributed by atoms with Crippen LogP contribution in [0.3, 0.4) is 0 Å². The molecular formula is C39H54O2. The van der Waals surface area contributed by atoms with Gasteiger partial charge in [-0.2, -0.15) is 0 Å². The van der Waals surface area contributed by atoms with Gasteiger partial charge >= 0.3 is 0 Å². The average Bonchev–Trinajstić information content (AvgIpc) is 3.01. The van der Waals surface area contributed by atoms with Crippen LogP contribution in [0.1, 0.15) is 116 Å². The van der Waals surface area contributed by atoms with E-state index in [1.165, 1.54) is 91.3 Å². The van der Waals surface area contributed by atoms with Crippen LogP contribution in [0.15, 0.2) is 73.3 Å². The number of fused-ring (bicyclic) bond motifs is 1. The Labute approximate surface area is 250 Å². The number of carbonyl (C=O) groups is 1. The van der Waals surface area contributed by atoms with Gasteiger partial charge in [0, 0.05) is 16.9 Å². The lowest BCUT2D eigenvalue weighted by Gasteiger charge is -2.16. The zero-order valence-corrected chi connectivity index (χ0v) is 26.0. The average molecular weight is 555 g/mol. The second-order valence-electron chi connectivity index (χ2n) is 11.7. The van der Waals surface area contributed by atoms with E-state index >= 15 is 0 Å². The van der Waals surface area contributed by atoms with Crippen LogP contribution in [0.2, 0.25) is 0 Å². The first-order chi connectivity index (χ1) is 20.2. The molecule has 2 heteroatoms. The number of carbonyl (C=O) groups excluding carboxylic acids is 1. The molecule has 3 rings (SSSR count). The van der Waals surface area contributed by atoms with E-state index in [1.807, 2.05) is 0 Å². The van der Waals surface area contributed by atoms with Crippen molar-refractivity contribution >= 4 is 16.6 Å². The van der Waals surface area contributed by atoms with E-state index in [-0.39, 0.29) is 11.7 Å². The molecule has 3 aromatic rings. The first-order valence-corrected chi connectivity index (χ1v) is 16.6. The molecule has 3 aromatic carbocycles. The number of ether oxygens (including phenoxy) is 1. The highest BCUT2D eigenvalue weighted by Gasteiger charge is 2.15. The summed E-state index contributed by atoms with van der Waals surface area (Å²) in [6.07, 6.45) is 20.6. The SMILES string of the molecule is C=CC(=O)C(CCCCCC)CCCCCOc1c(-c2ccc(CCCCCCCC)cc2)ccc2ccccc12. The van der Waals surface area contributed by atoms with Gasteiger partial charge in [-0.3, -0.25) is 4.79 Å². The molecule has 1 atom stereocenters. The summed E-state index contributed by atoms with van der Waals surface area (Å²) in [6.45, 7) is 8.92. The minimum Gasteiger partial charge on any atom is -0.492 e. The van der Waals surface area contributed by atoms with Crippen molar-refractivity contribution in [1.29, 1.82) is 0 Å². The van der Waals surface area contributed by atoms with Gasteiger partial charge in [0.15, 0.2) is 5.78 Å². The van der Waals surface area contributed by atoms with Gasteiger partial charge in [-0.05, 0) is 54.7 Å². The topological polar surface area (TPSA) is 26.3 Å². The van der Waals surface area contributed by atoms with E-state index in [0.29, 0.717) is 6.61 Å². The Bertz CT molecular complexity index is 1160. The fourth-order valence-corrected chi connectivity index (χ4v) is 5.84. The molecule has 0 fully saturated rings. The number of aryl methyl sites for hydroxylation is 1. The fourth-order valence-electron chi connectivity index (χ4n) is 5.84. The molecule has 0 saturated carbocycles. The zero-order chi connectivity index (χ0) is 29.1. The van der Waals surface area contributed by atoms with E-state index in [4.69, 9.17) is 4.74 Å². The highest BCUT2D eigenvalue weighted by Crippen LogP contribution is 2.37. The van der Waals surface area contributed by atoms with Crippen molar-refractivity contribution in [3.63, 3.8) is 0 Å². The number of ketones is 1. The van der Waals surface area contributed by atoms with E-state index in [9.17, 15) is 4.79 Å². The monoisotopic (exact) mass is 554 g/mol. The Morgan fingerprint density at radius 1 is 0.732 bits per heavy atom. The number of allylic oxidation sites excluding steroid dienone is 1. The summed E-state index contributed by atoms with van der Waals surface area (Å²) < 4.78 is 6.53. The lowest BCUT2D eigenvalue weighted by atomic mass is 9.91. The molecular weight excluding hydrogens is 500 g/mol. The quantitative estimate of drug-likeness (QED) is 0.0912. The number of rotatable bonds is 22. The van der Waals surface area contributed by atoms with Crippen molar-refractivity contribution in [1.82, 2.24) is 0 Å². The lowest BCUT2D eigenvalue weighted by Crippen LogP contribution is -2.12. The minimum atomic E-state index is 0.138. The normalized spacial score (nSPS) is 12.0. The van der Waals surface area contributed by atoms with Crippen LogP contribution in [0.25, 0.3) is 21.9 Å². The summed E-state index contributed by atoms with van der Waals surface area (Å²) >= 11 is 0. The Hall–Kier alpha value is -2.87. The molecule has 0 N–H and O–H groups in total. The Kier molecular flexibility index (Phi) is 15.4. The molecule has 2 nitrogen and oxygen atoms in total. The van der Waals surface area contributed by atoms with Crippen LogP contribution >= 0.6 is 0 Å². The Morgan fingerprint density at radius 2 is 1.37 bits per heavy atom. The standard InChI is InChI=1S/C39H54O2/c1-4-7-9-11-12-14-20-32-25-27-34(28-26-32)37-30-29-33-21-17-18-24-36(33)39(37)41-31-19-13-16-23-35(38(40)6-3)22-15-10-8-5-2/h6,17-18,21,24-30,35H,3-5,7-16,19-20,22-23,31H2,1-2H3. The molecule has 0 amide bonds. The van der Waals surface area contributed by atoms with Gasteiger partial charge in [0.25, 0.3) is 0 Å². The molecule has 0 spiro atoms. The van der Waals surface area contributed by atoms with Crippen LogP contribution in [0.5, 0.6) is 5.75 Å². The van der Waals surface area contributed by atoms with E-state index in [2.05, 4.69) is 81.1 Å². The Morgan fingerprint density at radius 3 is 2.07 bits per heavy atom. The van der Waals surface area contributed by atoms with Crippen molar-refractivity contribution in [2.75, 3.05) is 6.61 Å². The van der Waals surface area contributed by atoms with Gasteiger partial charge in [-0.25, -0.2) is 0 Å². The maximum absolute atomic E-state index is 12.4. The van der Waals surface area contributed by atoms with Gasteiger partial charge in [0.2, 0.25) is 0 Å². The first kappa shape index (κ1) is 32.6. The van der Waals surface area contributed by atoms with Crippen LogP contribution in [0, 0.1) is 5.92 Å². The fraction of sp³-hybridized carbons (Fsp3) is 0.513. The lowest BCUT2D eigenvalue weighted by molar-refractivity contribution is -0.118. The highest BCUT2D eigenvalue weighted by atomic mass is 16.5. The van der Waals surface area contributed by atoms with Gasteiger partial charge < -0.3 is 4.74 Å². The molecule has 0 aliphatic heterocycles. The van der Waals surface area contributed by atoms with Crippen molar-refractivity contribution < 1.29 is 9.53 Å². The van der Waals surface area contributed by atoms with Gasteiger partial charge in [-0.15, -0.1) is 0 Å². The maximum atomic E-state index is 12.4. The second kappa shape index (κ2) is 19.3. The molecule has 0 aliphatic rings. The maximum Gasteiger partial charge on any atom is 0.158 e. The summed E-state index contributed by atoms with van der Waals surface area (Å²) in [4.78, 5) is 12.4. The number of hydrogen-bond acceptors (Lipinski definition) is 2. The molecule has 41 heavy (non-hydrogen) atoms. The third-order valence-corrected chi connectivity index (χ3v) is 8.42. The van der Waals surface area contributed by atoms with Gasteiger partial charge in [0.05, 0.1) is 6.61 Å². The van der Waals surface area contributed by atoms with Gasteiger partial charge in [-0.1, -0.05) is 152 Å². The summed E-state index contributed by atoms with van der Waals surface area (Å²) in [7, 11) is 0. The minimum absolute atomic E-state index is 0.138. The molecule has 222 valence electrons. The number of unbranched alkanes of at least 4 members (excludes halogenated alkanes) is 10. The number of hydrogen-bond donors (Lipinski definition) is 0. The van der Waals surface area contributed by atoms with Crippen molar-refractivity contribution in [3.05, 3.63) is 78.9 Å². The highest BCUT2D eigenvalue weighted by molar-refractivity contribution is 5.95. The van der Waals surface area contributed by atoms with Crippen LogP contribution in [-0.4, -0.2) is 12.4 Å². The molecule has 0 bridgehead atoms. The van der Waals surface area contributed by atoms with E-state index in [1.54, 1.807) is 0 Å². The third kappa shape index (κ3) is 11.1. The van der Waals surface area contributed by atoms with Crippen molar-refractivity contribution in [2.45, 2.75) is 117 Å². The molecule has 0 heterocycles. The zero-order valence-electron chi connectivity index (χ0n) is 26.0. The van der Waals surface area contributed by atoms with Crippen molar-refractivity contribution in [2.24, 2.45) is 5.92 Å². The van der Waals surface area contributed by atoms with Crippen LogP contribution in [-0.2, 0) is 11.2 Å². The summed E-state index contributed by atoms with van der Waals surface area (Å²) in [6, 6.07) is 22.1. The molecule has 1 unspecified atom stereocenters. The molecule has 0 aromatic heterocycles. The predicted octanol–water partition coefficient (Wildman–Crippen LogP) is 11.7. The van der Waals surface area contributed by atoms with Crippen LogP contribution < -0.4 is 4.74 Å². The first-order valence-electron chi connectivity index (χ1n) is 16.6. The molecule has 0 aliphatic carbocycles. The summed E-state index contributed by atoms with van der Waals surface area (Å²) in [5.74, 6) is 1.34. The molecule has 0 radical (unpaired) electrons. The second-order valence-corrected chi connectivity index (χ2v) is 11.7. The molecule has 0 saturated heterocycles. The summed E-state index contributed by atoms with van der Waals surface area (Å²) in [5, 5.41) is 2.38. The number of benzene rings is 3. The van der Waals surface area contributed by atoms with E-state index < -0.39 is 0 Å². The van der Waals surface area contributed by atoms with Gasteiger partial charge in [0.1, 0.15) is 5.75 Å². The third-order valence-electron chi connectivity index (χ3n) is 8.42. The van der Waals surface area contributed by atoms with E-state index in [0.717, 1.165) is 50.7 Å². The van der Waals surface area contributed by atoms with Crippen LogP contribution in [0.4, 0.5) is 0 Å². The van der Waals surface area contributed by atoms with Crippen molar-refractivity contribution in [3.8, 4) is 16.9 Å².